The van der Waals surface area contributed by atoms with Gasteiger partial charge in [-0.3, -0.25) is 14.5 Å². The Kier molecular flexibility index (Phi) is 4.75. The first-order chi connectivity index (χ1) is 9.99. The molecule has 1 aliphatic rings. The van der Waals surface area contributed by atoms with Crippen LogP contribution in [0.4, 0.5) is 0 Å². The van der Waals surface area contributed by atoms with E-state index >= 15 is 0 Å². The van der Waals surface area contributed by atoms with E-state index in [4.69, 9.17) is 9.31 Å². The van der Waals surface area contributed by atoms with Crippen LogP contribution in [0.1, 0.15) is 16.9 Å². The van der Waals surface area contributed by atoms with Crippen molar-refractivity contribution in [2.24, 2.45) is 0 Å². The van der Waals surface area contributed by atoms with Gasteiger partial charge in [-0.25, -0.2) is 0 Å². The summed E-state index contributed by atoms with van der Waals surface area (Å²) in [5.41, 5.74) is 1.67. The van der Waals surface area contributed by atoms with Gasteiger partial charge in [-0.2, -0.15) is 0 Å². The van der Waals surface area contributed by atoms with Gasteiger partial charge in [0.25, 0.3) is 0 Å². The molecule has 0 amide bonds. The number of hydrogen-bond donors (Lipinski definition) is 0. The molecule has 1 aliphatic heterocycles. The van der Waals surface area contributed by atoms with Crippen molar-refractivity contribution < 1.29 is 23.7 Å². The molecule has 0 saturated carbocycles. The summed E-state index contributed by atoms with van der Waals surface area (Å²) in [7, 11) is 0.388. The number of likely N-dealkylation sites (N-methyl/N-ethyl adjacent to an activating group) is 1. The summed E-state index contributed by atoms with van der Waals surface area (Å²) < 4.78 is 10.2. The Morgan fingerprint density at radius 3 is 2.14 bits per heavy atom. The summed E-state index contributed by atoms with van der Waals surface area (Å²) in [4.78, 5) is 36.3. The molecule has 1 atom stereocenters. The maximum atomic E-state index is 11.7. The summed E-state index contributed by atoms with van der Waals surface area (Å²) in [5, 5.41) is 0. The van der Waals surface area contributed by atoms with Crippen LogP contribution in [0.25, 0.3) is 0 Å². The van der Waals surface area contributed by atoms with E-state index in [1.165, 1.54) is 4.90 Å². The van der Waals surface area contributed by atoms with Gasteiger partial charge in [0.1, 0.15) is 12.1 Å². The van der Waals surface area contributed by atoms with Crippen LogP contribution in [0.15, 0.2) is 24.3 Å². The lowest BCUT2D eigenvalue weighted by atomic mass is 9.68. The van der Waals surface area contributed by atoms with Crippen molar-refractivity contribution in [3.05, 3.63) is 35.4 Å². The molecule has 110 valence electrons. The molecule has 0 aliphatic carbocycles. The summed E-state index contributed by atoms with van der Waals surface area (Å²) in [6.45, 7) is 1.88. The van der Waals surface area contributed by atoms with Crippen LogP contribution in [-0.4, -0.2) is 50.4 Å². The lowest BCUT2D eigenvalue weighted by molar-refractivity contribution is -0.145. The van der Waals surface area contributed by atoms with E-state index in [2.05, 4.69) is 0 Å². The van der Waals surface area contributed by atoms with Gasteiger partial charge in [-0.1, -0.05) is 29.8 Å². The second kappa shape index (κ2) is 6.54. The molecule has 0 N–H and O–H groups in total. The molecule has 2 rings (SSSR count). The number of benzene rings is 1. The van der Waals surface area contributed by atoms with E-state index in [0.717, 1.165) is 5.56 Å². The van der Waals surface area contributed by atoms with E-state index < -0.39 is 24.9 Å². The van der Waals surface area contributed by atoms with Gasteiger partial charge in [0.2, 0.25) is 0 Å². The first-order valence-corrected chi connectivity index (χ1v) is 6.59. The molecule has 0 bridgehead atoms. The lowest BCUT2D eigenvalue weighted by Crippen LogP contribution is -2.45. The number of hydrogen-bond acceptors (Lipinski definition) is 6. The van der Waals surface area contributed by atoms with Crippen LogP contribution in [0.2, 0.25) is 0 Å². The summed E-state index contributed by atoms with van der Waals surface area (Å²) in [5.74, 6) is -1.90. The van der Waals surface area contributed by atoms with Crippen molar-refractivity contribution in [2.45, 2.75) is 12.7 Å². The van der Waals surface area contributed by atoms with Gasteiger partial charge in [0.15, 0.2) is 0 Å². The molecule has 0 spiro atoms. The second-order valence-corrected chi connectivity index (χ2v) is 5.09. The highest BCUT2D eigenvalue weighted by Gasteiger charge is 2.40. The van der Waals surface area contributed by atoms with Crippen molar-refractivity contribution >= 4 is 25.3 Å². The third-order valence-corrected chi connectivity index (χ3v) is 3.20. The average molecular weight is 289 g/mol. The Hall–Kier alpha value is -2.15. The molecule has 1 aromatic rings. The largest absolute Gasteiger partial charge is 0.614 e. The predicted octanol–water partition coefficient (Wildman–Crippen LogP) is 0.337. The minimum Gasteiger partial charge on any atom is -0.498 e. The zero-order valence-corrected chi connectivity index (χ0v) is 11.9. The third-order valence-electron chi connectivity index (χ3n) is 3.20. The Balaban J connectivity index is 2.22. The molecular formula is C14H16BNO5. The topological polar surface area (TPSA) is 72.9 Å². The summed E-state index contributed by atoms with van der Waals surface area (Å²) in [6, 6.07) is 7.18. The summed E-state index contributed by atoms with van der Waals surface area (Å²) in [6.07, 6.45) is 0.626. The predicted molar refractivity (Wildman–Crippen MR) is 75.4 cm³/mol. The second-order valence-electron chi connectivity index (χ2n) is 5.09. The first kappa shape index (κ1) is 15.2. The van der Waals surface area contributed by atoms with Crippen LogP contribution in [0.3, 0.4) is 0 Å². The Labute approximate surface area is 123 Å². The van der Waals surface area contributed by atoms with Crippen LogP contribution >= 0.6 is 0 Å². The molecule has 1 aromatic carbocycles. The quantitative estimate of drug-likeness (QED) is 0.590. The van der Waals surface area contributed by atoms with Crippen LogP contribution < -0.4 is 0 Å². The number of aryl methyl sites for hydroxylation is 1. The minimum absolute atomic E-state index is 0.0227. The number of carbonyl (C=O) groups is 3. The van der Waals surface area contributed by atoms with Crippen LogP contribution in [0, 0.1) is 6.92 Å². The van der Waals surface area contributed by atoms with Crippen molar-refractivity contribution in [1.82, 2.24) is 4.90 Å². The molecule has 1 fully saturated rings. The fraction of sp³-hybridized carbons (Fsp3) is 0.357. The van der Waals surface area contributed by atoms with Crippen molar-refractivity contribution in [1.29, 1.82) is 0 Å². The van der Waals surface area contributed by atoms with E-state index in [1.54, 1.807) is 19.2 Å². The fourth-order valence-corrected chi connectivity index (χ4v) is 2.09. The molecule has 0 aromatic heterocycles. The highest BCUT2D eigenvalue weighted by atomic mass is 16.6. The number of nitrogens with zero attached hydrogens (tertiary/aromatic N) is 1. The average Bonchev–Trinajstić information content (AvgIpc) is 2.39. The van der Waals surface area contributed by atoms with E-state index in [0.29, 0.717) is 11.8 Å². The summed E-state index contributed by atoms with van der Waals surface area (Å²) >= 11 is 0. The molecule has 1 heterocycles. The Morgan fingerprint density at radius 1 is 1.14 bits per heavy atom. The molecule has 0 radical (unpaired) electrons. The number of aldehydes is 1. The Bertz CT molecular complexity index is 525. The van der Waals surface area contributed by atoms with Crippen molar-refractivity contribution in [2.75, 3.05) is 20.1 Å². The number of rotatable bonds is 3. The van der Waals surface area contributed by atoms with Gasteiger partial charge in [0, 0.05) is 0 Å². The molecule has 1 saturated heterocycles. The zero-order valence-electron chi connectivity index (χ0n) is 11.9. The maximum absolute atomic E-state index is 11.7. The van der Waals surface area contributed by atoms with Crippen molar-refractivity contribution in [3.8, 4) is 0 Å². The molecular weight excluding hydrogens is 273 g/mol. The van der Waals surface area contributed by atoms with Crippen molar-refractivity contribution in [3.63, 3.8) is 0 Å². The van der Waals surface area contributed by atoms with Gasteiger partial charge in [-0.05, 0) is 19.5 Å². The normalized spacial score (nSPS) is 18.3. The zero-order chi connectivity index (χ0) is 15.4. The molecule has 0 unspecified atom stereocenters. The maximum Gasteiger partial charge on any atom is 0.614 e. The van der Waals surface area contributed by atoms with Gasteiger partial charge >= 0.3 is 19.1 Å². The SMILES string of the molecule is Cc1ccc([C@@H](C=O)B2OC(=O)CN(C)CC(=O)O2)cc1. The van der Waals surface area contributed by atoms with Crippen LogP contribution in [-0.2, 0) is 23.7 Å². The number of carbonyl (C=O) groups excluding carboxylic acids is 3. The lowest BCUT2D eigenvalue weighted by Gasteiger charge is -2.25. The van der Waals surface area contributed by atoms with Gasteiger partial charge < -0.3 is 14.1 Å². The fourth-order valence-electron chi connectivity index (χ4n) is 2.09. The molecule has 6 nitrogen and oxygen atoms in total. The minimum atomic E-state index is -1.22. The van der Waals surface area contributed by atoms with Gasteiger partial charge in [-0.15, -0.1) is 0 Å². The highest BCUT2D eigenvalue weighted by Crippen LogP contribution is 2.20. The van der Waals surface area contributed by atoms with Gasteiger partial charge in [0.05, 0.1) is 13.1 Å². The smallest absolute Gasteiger partial charge is 0.498 e. The highest BCUT2D eigenvalue weighted by molar-refractivity contribution is 6.54. The Morgan fingerprint density at radius 2 is 1.67 bits per heavy atom. The standard InChI is InChI=1S/C14H16BNO5/c1-10-3-5-11(6-4-10)12(9-17)15-20-13(18)7-16(2)8-14(19)21-15/h3-6,9,12H,7-8H2,1-2H3/t12-/m1/s1. The molecule has 21 heavy (non-hydrogen) atoms. The van der Waals surface area contributed by atoms with E-state index in [-0.39, 0.29) is 13.1 Å². The first-order valence-electron chi connectivity index (χ1n) is 6.59. The molecule has 7 heteroatoms. The van der Waals surface area contributed by atoms with Crippen LogP contribution in [0.5, 0.6) is 0 Å². The monoisotopic (exact) mass is 289 g/mol. The van der Waals surface area contributed by atoms with E-state index in [9.17, 15) is 14.4 Å². The third kappa shape index (κ3) is 3.92. The van der Waals surface area contributed by atoms with E-state index in [1.807, 2.05) is 19.1 Å².